The van der Waals surface area contributed by atoms with E-state index in [9.17, 15) is 0 Å². The van der Waals surface area contributed by atoms with Crippen LogP contribution in [0.3, 0.4) is 0 Å². The molecule has 0 saturated heterocycles. The van der Waals surface area contributed by atoms with Crippen molar-refractivity contribution in [2.24, 2.45) is 0 Å². The number of anilines is 1. The van der Waals surface area contributed by atoms with Crippen LogP contribution in [0.5, 0.6) is 0 Å². The lowest BCUT2D eigenvalue weighted by Gasteiger charge is -2.04. The zero-order valence-corrected chi connectivity index (χ0v) is 11.7. The highest BCUT2D eigenvalue weighted by molar-refractivity contribution is 7.14. The van der Waals surface area contributed by atoms with E-state index in [0.717, 1.165) is 27.4 Å². The molecule has 4 heteroatoms. The molecule has 0 bridgehead atoms. The maximum atomic E-state index is 4.62. The van der Waals surface area contributed by atoms with E-state index < -0.39 is 0 Å². The number of pyridine rings is 1. The van der Waals surface area contributed by atoms with Crippen molar-refractivity contribution >= 4 is 27.4 Å². The lowest BCUT2D eigenvalue weighted by atomic mass is 10.2. The van der Waals surface area contributed by atoms with E-state index >= 15 is 0 Å². The van der Waals surface area contributed by atoms with Crippen molar-refractivity contribution in [3.63, 3.8) is 0 Å². The Morgan fingerprint density at radius 2 is 2.00 bits per heavy atom. The molecule has 19 heavy (non-hydrogen) atoms. The summed E-state index contributed by atoms with van der Waals surface area (Å²) in [6, 6.07) is 13.5. The van der Waals surface area contributed by atoms with Crippen molar-refractivity contribution in [3.8, 4) is 11.4 Å². The lowest BCUT2D eigenvalue weighted by molar-refractivity contribution is 0.896. The number of hydrogen-bond donors (Lipinski definition) is 1. The van der Waals surface area contributed by atoms with E-state index in [1.807, 2.05) is 35.7 Å². The zero-order valence-electron chi connectivity index (χ0n) is 10.8. The van der Waals surface area contributed by atoms with Crippen LogP contribution in [-0.4, -0.2) is 16.0 Å². The van der Waals surface area contributed by atoms with Crippen LogP contribution in [0.15, 0.2) is 35.7 Å². The van der Waals surface area contributed by atoms with Gasteiger partial charge in [-0.25, -0.2) is 9.97 Å². The molecule has 95 valence electrons. The summed E-state index contributed by atoms with van der Waals surface area (Å²) in [5.74, 6) is 0. The van der Waals surface area contributed by atoms with Crippen LogP contribution in [0, 0.1) is 6.07 Å². The summed E-state index contributed by atoms with van der Waals surface area (Å²) in [7, 11) is 0. The normalized spacial score (nSPS) is 11.1. The molecule has 3 nitrogen and oxygen atoms in total. The maximum absolute atomic E-state index is 4.62. The Morgan fingerprint density at radius 3 is 2.84 bits per heavy atom. The standard InChI is InChI=1S/C15H14N3S/c1-10(2)16-15-18-14(9-19-15)13-8-7-11-5-3-4-6-12(11)17-13/h3-6,8-10H,1-2H3,(H,16,18). The Bertz CT molecular complexity index is 703. The molecule has 1 radical (unpaired) electrons. The summed E-state index contributed by atoms with van der Waals surface area (Å²) in [6.45, 7) is 4.20. The van der Waals surface area contributed by atoms with Crippen molar-refractivity contribution in [2.45, 2.75) is 19.9 Å². The molecule has 0 aliphatic carbocycles. The van der Waals surface area contributed by atoms with E-state index in [1.165, 1.54) is 0 Å². The number of thiazole rings is 1. The van der Waals surface area contributed by atoms with E-state index in [-0.39, 0.29) is 0 Å². The molecular formula is C15H14N3S. The second-order valence-electron chi connectivity index (χ2n) is 4.64. The van der Waals surface area contributed by atoms with Gasteiger partial charge in [0.25, 0.3) is 0 Å². The molecule has 0 saturated carbocycles. The van der Waals surface area contributed by atoms with Gasteiger partial charge in [-0.2, -0.15) is 0 Å². The molecule has 0 atom stereocenters. The predicted molar refractivity (Wildman–Crippen MR) is 80.4 cm³/mol. The molecule has 1 aromatic carbocycles. The van der Waals surface area contributed by atoms with Gasteiger partial charge in [0.15, 0.2) is 5.13 Å². The van der Waals surface area contributed by atoms with Crippen LogP contribution in [0.2, 0.25) is 0 Å². The Morgan fingerprint density at radius 1 is 1.16 bits per heavy atom. The monoisotopic (exact) mass is 268 g/mol. The third-order valence-electron chi connectivity index (χ3n) is 2.69. The number of rotatable bonds is 3. The molecule has 0 amide bonds. The molecule has 2 heterocycles. The summed E-state index contributed by atoms with van der Waals surface area (Å²) < 4.78 is 0. The Hall–Kier alpha value is -1.94. The van der Waals surface area contributed by atoms with E-state index in [0.29, 0.717) is 6.04 Å². The quantitative estimate of drug-likeness (QED) is 0.780. The summed E-state index contributed by atoms with van der Waals surface area (Å²) in [5, 5.41) is 7.29. The Labute approximate surface area is 116 Å². The second kappa shape index (κ2) is 4.97. The number of nitrogens with zero attached hydrogens (tertiary/aromatic N) is 2. The molecule has 0 fully saturated rings. The molecule has 0 aliphatic rings. The van der Waals surface area contributed by atoms with Crippen molar-refractivity contribution in [3.05, 3.63) is 41.8 Å². The summed E-state index contributed by atoms with van der Waals surface area (Å²) in [4.78, 5) is 9.18. The first kappa shape index (κ1) is 12.1. The van der Waals surface area contributed by atoms with Gasteiger partial charge in [-0.15, -0.1) is 11.3 Å². The fourth-order valence-electron chi connectivity index (χ4n) is 1.84. The Balaban J connectivity index is 1.97. The van der Waals surface area contributed by atoms with Crippen molar-refractivity contribution < 1.29 is 0 Å². The van der Waals surface area contributed by atoms with Gasteiger partial charge in [0.05, 0.1) is 11.2 Å². The summed E-state index contributed by atoms with van der Waals surface area (Å²) in [6.07, 6.45) is 0. The van der Waals surface area contributed by atoms with Crippen molar-refractivity contribution in [1.29, 1.82) is 0 Å². The topological polar surface area (TPSA) is 37.8 Å². The van der Waals surface area contributed by atoms with Crippen LogP contribution in [-0.2, 0) is 0 Å². The first-order chi connectivity index (χ1) is 9.22. The van der Waals surface area contributed by atoms with Crippen LogP contribution in [0.4, 0.5) is 5.13 Å². The van der Waals surface area contributed by atoms with Gasteiger partial charge in [-0.3, -0.25) is 0 Å². The zero-order chi connectivity index (χ0) is 13.2. The van der Waals surface area contributed by atoms with Crippen LogP contribution in [0.25, 0.3) is 22.3 Å². The van der Waals surface area contributed by atoms with E-state index in [1.54, 1.807) is 11.3 Å². The van der Waals surface area contributed by atoms with Gasteiger partial charge in [0, 0.05) is 16.8 Å². The van der Waals surface area contributed by atoms with Gasteiger partial charge >= 0.3 is 0 Å². The summed E-state index contributed by atoms with van der Waals surface area (Å²) in [5.41, 5.74) is 2.72. The van der Waals surface area contributed by atoms with Gasteiger partial charge in [-0.05, 0) is 32.0 Å². The molecule has 0 aliphatic heterocycles. The van der Waals surface area contributed by atoms with Gasteiger partial charge < -0.3 is 5.32 Å². The molecule has 2 aromatic heterocycles. The van der Waals surface area contributed by atoms with Gasteiger partial charge in [-0.1, -0.05) is 18.2 Å². The predicted octanol–water partition coefficient (Wildman–Crippen LogP) is 3.98. The highest BCUT2D eigenvalue weighted by Gasteiger charge is 2.07. The molecular weight excluding hydrogens is 254 g/mol. The number of hydrogen-bond acceptors (Lipinski definition) is 4. The fourth-order valence-corrected chi connectivity index (χ4v) is 2.69. The number of benzene rings is 1. The average molecular weight is 268 g/mol. The van der Waals surface area contributed by atoms with E-state index in [2.05, 4.69) is 35.2 Å². The minimum Gasteiger partial charge on any atom is -0.359 e. The van der Waals surface area contributed by atoms with Crippen molar-refractivity contribution in [1.82, 2.24) is 9.97 Å². The third-order valence-corrected chi connectivity index (χ3v) is 3.46. The van der Waals surface area contributed by atoms with Crippen LogP contribution >= 0.6 is 11.3 Å². The fraction of sp³-hybridized carbons (Fsp3) is 0.200. The highest BCUT2D eigenvalue weighted by Crippen LogP contribution is 2.25. The number of para-hydroxylation sites is 1. The summed E-state index contributed by atoms with van der Waals surface area (Å²) >= 11 is 1.60. The van der Waals surface area contributed by atoms with Gasteiger partial charge in [0.1, 0.15) is 5.69 Å². The average Bonchev–Trinajstić information content (AvgIpc) is 2.86. The van der Waals surface area contributed by atoms with E-state index in [4.69, 9.17) is 0 Å². The smallest absolute Gasteiger partial charge is 0.183 e. The first-order valence-corrected chi connectivity index (χ1v) is 7.10. The highest BCUT2D eigenvalue weighted by atomic mass is 32.1. The molecule has 3 rings (SSSR count). The van der Waals surface area contributed by atoms with Crippen LogP contribution < -0.4 is 5.32 Å². The lowest BCUT2D eigenvalue weighted by Crippen LogP contribution is -2.09. The Kier molecular flexibility index (Phi) is 3.17. The molecule has 1 N–H and O–H groups in total. The second-order valence-corrected chi connectivity index (χ2v) is 5.50. The van der Waals surface area contributed by atoms with Crippen molar-refractivity contribution in [2.75, 3.05) is 5.32 Å². The van der Waals surface area contributed by atoms with Gasteiger partial charge in [0.2, 0.25) is 0 Å². The molecule has 0 unspecified atom stereocenters. The molecule has 0 spiro atoms. The number of fused-ring (bicyclic) bond motifs is 1. The number of aromatic nitrogens is 2. The SMILES string of the molecule is CC(C)Nc1nc(-c2c[c]c3ccccc3n2)cs1. The largest absolute Gasteiger partial charge is 0.359 e. The molecule has 3 aromatic rings. The minimum absolute atomic E-state index is 0.384. The maximum Gasteiger partial charge on any atom is 0.183 e. The third kappa shape index (κ3) is 2.58. The van der Waals surface area contributed by atoms with Crippen LogP contribution in [0.1, 0.15) is 13.8 Å². The number of nitrogens with one attached hydrogen (secondary N) is 1. The first-order valence-electron chi connectivity index (χ1n) is 6.22. The minimum atomic E-state index is 0.384.